The van der Waals surface area contributed by atoms with Crippen molar-refractivity contribution in [3.8, 4) is 0 Å². The molecule has 0 unspecified atom stereocenters. The minimum Gasteiger partial charge on any atom is -0.519 e. The average molecular weight is 1090 g/mol. The normalized spacial score (nSPS) is 10.7. The van der Waals surface area contributed by atoms with Crippen molar-refractivity contribution in [1.29, 1.82) is 0 Å². The van der Waals surface area contributed by atoms with E-state index in [1.54, 1.807) is 44.8 Å². The molecule has 0 aliphatic rings. The van der Waals surface area contributed by atoms with Crippen LogP contribution in [0.2, 0.25) is 4.34 Å². The Morgan fingerprint density at radius 1 is 0.845 bits per heavy atom. The van der Waals surface area contributed by atoms with Gasteiger partial charge in [-0.3, -0.25) is 38.8 Å². The Bertz CT molecular complexity index is 2520. The Hall–Kier alpha value is -2.25. The van der Waals surface area contributed by atoms with Gasteiger partial charge in [-0.1, -0.05) is 44.9 Å². The van der Waals surface area contributed by atoms with E-state index in [1.807, 2.05) is 31.2 Å². The van der Waals surface area contributed by atoms with Gasteiger partial charge in [0.2, 0.25) is 5.69 Å². The Morgan fingerprint density at radius 3 is 1.86 bits per heavy atom. The number of benzene rings is 1. The number of azo groups is 1. The van der Waals surface area contributed by atoms with Crippen LogP contribution in [0.3, 0.4) is 0 Å². The number of aromatic nitrogens is 4. The Kier molecular flexibility index (Phi) is 24.3. The maximum absolute atomic E-state index is 12.3. The summed E-state index contributed by atoms with van der Waals surface area (Å²) in [6.07, 6.45) is 0. The van der Waals surface area contributed by atoms with E-state index in [-0.39, 0.29) is 145 Å². The summed E-state index contributed by atoms with van der Waals surface area (Å²) < 4.78 is 12.9. The molecule has 5 aromatic heterocycles. The molecule has 0 spiro atoms. The number of ether oxygens (including phenoxy) is 2. The van der Waals surface area contributed by atoms with Gasteiger partial charge >= 0.3 is 11.9 Å². The number of hydrogen-bond acceptors (Lipinski definition) is 15. The minimum absolute atomic E-state index is 0. The van der Waals surface area contributed by atoms with Crippen molar-refractivity contribution in [2.24, 2.45) is 24.3 Å². The number of aliphatic hydroxyl groups excluding tert-OH is 1. The molecule has 0 bridgehead atoms. The molecule has 6 aromatic rings. The fourth-order valence-corrected chi connectivity index (χ4v) is 6.81. The van der Waals surface area contributed by atoms with Crippen molar-refractivity contribution < 1.29 is 127 Å². The van der Waals surface area contributed by atoms with Crippen LogP contribution in [-0.2, 0) is 133 Å². The number of aliphatic hydroxyl groups is 1. The van der Waals surface area contributed by atoms with Gasteiger partial charge in [0.1, 0.15) is 0 Å². The van der Waals surface area contributed by atoms with Crippen LogP contribution in [0.5, 0.6) is 0 Å². The number of aryl methyl sites for hydroxylation is 3. The molecule has 0 aliphatic carbocycles. The van der Waals surface area contributed by atoms with Crippen LogP contribution < -0.4 is 16.2 Å². The summed E-state index contributed by atoms with van der Waals surface area (Å²) in [5.74, 6) is -2.26. The summed E-state index contributed by atoms with van der Waals surface area (Å²) in [7, 11) is 4.77. The first-order valence-electron chi connectivity index (χ1n) is 16.1. The molecule has 0 atom stereocenters. The number of rotatable bonds is 9. The number of fused-ring (bicyclic) bond motifs is 2. The van der Waals surface area contributed by atoms with Gasteiger partial charge in [0.25, 0.3) is 5.91 Å². The summed E-state index contributed by atoms with van der Waals surface area (Å²) in [6.45, 7) is 6.09. The number of amides is 1. The third-order valence-corrected chi connectivity index (χ3v) is 10.1. The van der Waals surface area contributed by atoms with E-state index < -0.39 is 23.3 Å². The van der Waals surface area contributed by atoms with Crippen molar-refractivity contribution in [3.63, 3.8) is 0 Å². The van der Waals surface area contributed by atoms with Crippen LogP contribution in [0.25, 0.3) is 26.2 Å². The van der Waals surface area contributed by atoms with E-state index in [4.69, 9.17) is 21.1 Å². The first-order chi connectivity index (χ1) is 26.3. The number of nitrogens with one attached hydrogen (secondary N) is 1. The fourth-order valence-electron chi connectivity index (χ4n) is 4.54. The smallest absolute Gasteiger partial charge is 0.361 e. The molecule has 0 fully saturated rings. The Labute approximate surface area is 425 Å². The summed E-state index contributed by atoms with van der Waals surface area (Å²) in [5.41, 5.74) is 1.12. The molecule has 5 heterocycles. The van der Waals surface area contributed by atoms with E-state index in [0.717, 1.165) is 22.5 Å². The van der Waals surface area contributed by atoms with E-state index in [9.17, 15) is 29.1 Å². The third-order valence-electron chi connectivity index (χ3n) is 7.16. The minimum atomic E-state index is -0.752. The first kappa shape index (κ1) is 53.8. The van der Waals surface area contributed by atoms with Crippen LogP contribution in [-0.4, -0.2) is 62.8 Å². The number of carbonyl (C=O) groups is 3. The molecular formula is C36H33ClN7O8S3Y3-3. The number of halogens is 1. The number of esters is 2. The van der Waals surface area contributed by atoms with Crippen molar-refractivity contribution in [1.82, 2.24) is 24.9 Å². The number of carbonyl (C=O) groups excluding carboxylic acids is 3. The van der Waals surface area contributed by atoms with Gasteiger partial charge in [-0.05, 0) is 36.0 Å². The van der Waals surface area contributed by atoms with E-state index in [2.05, 4.69) is 41.9 Å². The summed E-state index contributed by atoms with van der Waals surface area (Å²) >= 11 is 9.53. The molecule has 6 rings (SSSR count). The molecular weight excluding hydrogens is 1060 g/mol. The summed E-state index contributed by atoms with van der Waals surface area (Å²) in [4.78, 5) is 60.8. The van der Waals surface area contributed by atoms with Gasteiger partial charge in [-0.25, -0.2) is 9.59 Å². The SMILES string of the molecule is CCOC(=O)C(N=NC)=C(O)c1c[c-]sc1Cl.CCOC(=O)c1nn(C)c2s[c-]cc2c1=O.Cc1ccc(CNC(=O)c2nn(C)c3s[c-]cc3c2=O)cc1.[Y].[Y].[Y]. The number of hydrogen-bond donors (Lipinski definition) is 2. The second kappa shape index (κ2) is 26.2. The first-order valence-corrected chi connectivity index (χ1v) is 19.0. The van der Waals surface area contributed by atoms with Crippen molar-refractivity contribution >= 4 is 89.6 Å². The zero-order valence-corrected chi connectivity index (χ0v) is 43.7. The average Bonchev–Trinajstić information content (AvgIpc) is 3.96. The molecule has 1 amide bonds. The molecule has 0 saturated heterocycles. The summed E-state index contributed by atoms with van der Waals surface area (Å²) in [6, 6.07) is 12.5. The van der Waals surface area contributed by atoms with Gasteiger partial charge in [0, 0.05) is 126 Å². The third kappa shape index (κ3) is 13.9. The predicted molar refractivity (Wildman–Crippen MR) is 211 cm³/mol. The standard InChI is InChI=1S/C16H14N3O2S.C10H10ClN2O3S.C10H9N2O3S.3Y/c1-10-3-5-11(6-4-10)9-17-15(21)13-14(20)12-7-8-22-16(12)19(2)18-13;1-3-16-10(15)7(13-12-2)8(14)6-4-5-17-9(6)11;1-3-15-10(14)7-8(13)6-4-5-16-9(6)12(2)11-7;;;/h3-7H,9H2,1-2H3,(H,17,21);4,14H,3H2,1-2H3;4H,3H2,1-2H3;;;/q3*-1;;;. The zero-order chi connectivity index (χ0) is 40.2. The molecule has 15 nitrogen and oxygen atoms in total. The topological polar surface area (TPSA) is 196 Å². The maximum Gasteiger partial charge on any atom is 0.361 e. The van der Waals surface area contributed by atoms with Crippen LogP contribution in [0.4, 0.5) is 0 Å². The van der Waals surface area contributed by atoms with Crippen molar-refractivity contribution in [2.75, 3.05) is 20.3 Å². The van der Waals surface area contributed by atoms with Gasteiger partial charge in [-0.15, -0.1) is 26.8 Å². The van der Waals surface area contributed by atoms with Gasteiger partial charge in [0.05, 0.1) is 19.0 Å². The van der Waals surface area contributed by atoms with Gasteiger partial charge in [-0.2, -0.15) is 45.1 Å². The van der Waals surface area contributed by atoms with Crippen LogP contribution in [0.1, 0.15) is 51.5 Å². The predicted octanol–water partition coefficient (Wildman–Crippen LogP) is 6.07. The largest absolute Gasteiger partial charge is 0.519 e. The van der Waals surface area contributed by atoms with Crippen LogP contribution in [0, 0.1) is 23.1 Å². The molecule has 1 aromatic carbocycles. The second-order valence-corrected chi connectivity index (χ2v) is 14.0. The van der Waals surface area contributed by atoms with E-state index in [1.165, 1.54) is 40.5 Å². The quantitative estimate of drug-likeness (QED) is 0.0564. The van der Waals surface area contributed by atoms with Gasteiger partial charge < -0.3 is 38.8 Å². The molecule has 22 heteroatoms. The number of nitrogens with zero attached hydrogens (tertiary/aromatic N) is 6. The molecule has 3 radical (unpaired) electrons. The molecule has 2 N–H and O–H groups in total. The Morgan fingerprint density at radius 2 is 1.36 bits per heavy atom. The van der Waals surface area contributed by atoms with Crippen molar-refractivity contribution in [3.05, 3.63) is 117 Å². The Balaban J connectivity index is 0.000000431. The maximum atomic E-state index is 12.3. The second-order valence-electron chi connectivity index (χ2n) is 10.9. The van der Waals surface area contributed by atoms with Crippen LogP contribution in [0.15, 0.2) is 68.0 Å². The molecule has 58 heavy (non-hydrogen) atoms. The van der Waals surface area contributed by atoms with Crippen molar-refractivity contribution in [2.45, 2.75) is 27.3 Å². The number of thiophene rings is 3. The zero-order valence-electron chi connectivity index (χ0n) is 32.0. The van der Waals surface area contributed by atoms with E-state index in [0.29, 0.717) is 31.3 Å². The molecule has 297 valence electrons. The molecule has 0 aliphatic heterocycles. The molecule has 0 saturated carbocycles. The van der Waals surface area contributed by atoms with Gasteiger partial charge in [0.15, 0.2) is 22.2 Å². The summed E-state index contributed by atoms with van der Waals surface area (Å²) in [5, 5.41) is 37.1. The van der Waals surface area contributed by atoms with E-state index >= 15 is 0 Å². The fraction of sp³-hybridized carbons (Fsp3) is 0.250. The van der Waals surface area contributed by atoms with Crippen LogP contribution >= 0.6 is 45.6 Å². The monoisotopic (exact) mass is 1090 g/mol.